The summed E-state index contributed by atoms with van der Waals surface area (Å²) in [7, 11) is 0. The highest BCUT2D eigenvalue weighted by atomic mass is 32.1. The van der Waals surface area contributed by atoms with E-state index < -0.39 is 0 Å². The summed E-state index contributed by atoms with van der Waals surface area (Å²) in [4.78, 5) is 0. The number of hydrogen-bond donors (Lipinski definition) is 1. The molecular formula is C10H22S. The predicted molar refractivity (Wildman–Crippen MR) is 56.3 cm³/mol. The van der Waals surface area contributed by atoms with Gasteiger partial charge in [-0.1, -0.05) is 40.5 Å². The molecule has 0 amide bonds. The molecular weight excluding hydrogens is 152 g/mol. The van der Waals surface area contributed by atoms with E-state index in [0.717, 1.165) is 23.5 Å². The molecule has 0 aromatic carbocycles. The molecule has 0 nitrogen and oxygen atoms in total. The lowest BCUT2D eigenvalue weighted by atomic mass is 9.81. The molecule has 11 heavy (non-hydrogen) atoms. The van der Waals surface area contributed by atoms with E-state index in [1.807, 2.05) is 0 Å². The SMILES string of the molecule is CCC(C)C(CC)C(C)CS. The summed E-state index contributed by atoms with van der Waals surface area (Å²) < 4.78 is 0. The highest BCUT2D eigenvalue weighted by molar-refractivity contribution is 7.80. The molecule has 0 heterocycles. The Labute approximate surface area is 77.2 Å². The fraction of sp³-hybridized carbons (Fsp3) is 1.00. The minimum Gasteiger partial charge on any atom is -0.179 e. The minimum absolute atomic E-state index is 0.776. The Morgan fingerprint density at radius 2 is 1.55 bits per heavy atom. The lowest BCUT2D eigenvalue weighted by Gasteiger charge is -2.26. The quantitative estimate of drug-likeness (QED) is 0.605. The van der Waals surface area contributed by atoms with Crippen molar-refractivity contribution in [3.8, 4) is 0 Å². The van der Waals surface area contributed by atoms with Crippen molar-refractivity contribution >= 4 is 12.6 Å². The summed E-state index contributed by atoms with van der Waals surface area (Å²) in [5, 5.41) is 0. The van der Waals surface area contributed by atoms with E-state index in [0.29, 0.717) is 0 Å². The summed E-state index contributed by atoms with van der Waals surface area (Å²) in [6, 6.07) is 0. The standard InChI is InChI=1S/C10H22S/c1-5-8(3)10(6-2)9(4)7-11/h8-11H,5-7H2,1-4H3. The monoisotopic (exact) mass is 174 g/mol. The van der Waals surface area contributed by atoms with Crippen molar-refractivity contribution in [2.45, 2.75) is 40.5 Å². The summed E-state index contributed by atoms with van der Waals surface area (Å²) in [6.45, 7) is 9.23. The van der Waals surface area contributed by atoms with E-state index in [9.17, 15) is 0 Å². The molecule has 0 aromatic heterocycles. The number of thiol groups is 1. The zero-order chi connectivity index (χ0) is 8.85. The van der Waals surface area contributed by atoms with Gasteiger partial charge in [-0.3, -0.25) is 0 Å². The summed E-state index contributed by atoms with van der Waals surface area (Å²) in [5.41, 5.74) is 0. The van der Waals surface area contributed by atoms with Crippen molar-refractivity contribution in [2.24, 2.45) is 17.8 Å². The van der Waals surface area contributed by atoms with E-state index in [4.69, 9.17) is 0 Å². The Balaban J connectivity index is 3.92. The Morgan fingerprint density at radius 1 is 1.00 bits per heavy atom. The van der Waals surface area contributed by atoms with E-state index in [-0.39, 0.29) is 0 Å². The summed E-state index contributed by atoms with van der Waals surface area (Å²) in [5.74, 6) is 3.54. The Hall–Kier alpha value is 0.350. The lowest BCUT2D eigenvalue weighted by molar-refractivity contribution is 0.260. The second-order valence-electron chi connectivity index (χ2n) is 3.62. The van der Waals surface area contributed by atoms with Gasteiger partial charge in [-0.25, -0.2) is 0 Å². The number of rotatable bonds is 5. The van der Waals surface area contributed by atoms with Crippen molar-refractivity contribution in [3.63, 3.8) is 0 Å². The van der Waals surface area contributed by atoms with Crippen molar-refractivity contribution in [1.29, 1.82) is 0 Å². The van der Waals surface area contributed by atoms with Crippen LogP contribution in [0.5, 0.6) is 0 Å². The fourth-order valence-electron chi connectivity index (χ4n) is 1.80. The first-order valence-electron chi connectivity index (χ1n) is 4.78. The van der Waals surface area contributed by atoms with E-state index >= 15 is 0 Å². The van der Waals surface area contributed by atoms with Gasteiger partial charge in [0.2, 0.25) is 0 Å². The molecule has 0 aliphatic heterocycles. The van der Waals surface area contributed by atoms with Crippen LogP contribution in [-0.4, -0.2) is 5.75 Å². The molecule has 0 saturated carbocycles. The normalized spacial score (nSPS) is 19.4. The van der Waals surface area contributed by atoms with Crippen LogP contribution in [-0.2, 0) is 0 Å². The van der Waals surface area contributed by atoms with Gasteiger partial charge in [0.15, 0.2) is 0 Å². The maximum Gasteiger partial charge on any atom is -0.00694 e. The molecule has 3 atom stereocenters. The zero-order valence-corrected chi connectivity index (χ0v) is 9.20. The topological polar surface area (TPSA) is 0 Å². The summed E-state index contributed by atoms with van der Waals surface area (Å²) >= 11 is 4.34. The van der Waals surface area contributed by atoms with Crippen LogP contribution in [0, 0.1) is 17.8 Å². The van der Waals surface area contributed by atoms with Crippen LogP contribution in [0.3, 0.4) is 0 Å². The van der Waals surface area contributed by atoms with Gasteiger partial charge in [0, 0.05) is 0 Å². The third-order valence-electron chi connectivity index (χ3n) is 2.87. The van der Waals surface area contributed by atoms with Gasteiger partial charge in [0.05, 0.1) is 0 Å². The molecule has 3 unspecified atom stereocenters. The average Bonchev–Trinajstić information content (AvgIpc) is 2.05. The lowest BCUT2D eigenvalue weighted by Crippen LogP contribution is -2.19. The van der Waals surface area contributed by atoms with E-state index in [1.165, 1.54) is 12.8 Å². The fourth-order valence-corrected chi connectivity index (χ4v) is 2.07. The predicted octanol–water partition coefficient (Wildman–Crippen LogP) is 3.62. The second-order valence-corrected chi connectivity index (χ2v) is 3.98. The average molecular weight is 174 g/mol. The van der Waals surface area contributed by atoms with Crippen molar-refractivity contribution in [3.05, 3.63) is 0 Å². The Morgan fingerprint density at radius 3 is 1.82 bits per heavy atom. The van der Waals surface area contributed by atoms with Gasteiger partial charge >= 0.3 is 0 Å². The van der Waals surface area contributed by atoms with Crippen molar-refractivity contribution in [1.82, 2.24) is 0 Å². The second kappa shape index (κ2) is 5.93. The van der Waals surface area contributed by atoms with Crippen LogP contribution in [0.2, 0.25) is 0 Å². The minimum atomic E-state index is 0.776. The van der Waals surface area contributed by atoms with E-state index in [1.54, 1.807) is 0 Å². The summed E-state index contributed by atoms with van der Waals surface area (Å²) in [6.07, 6.45) is 2.60. The molecule has 0 bridgehead atoms. The first kappa shape index (κ1) is 11.4. The van der Waals surface area contributed by atoms with Crippen LogP contribution >= 0.6 is 12.6 Å². The first-order valence-corrected chi connectivity index (χ1v) is 5.41. The van der Waals surface area contributed by atoms with Gasteiger partial charge < -0.3 is 0 Å². The third-order valence-corrected chi connectivity index (χ3v) is 3.44. The van der Waals surface area contributed by atoms with Crippen LogP contribution in [0.1, 0.15) is 40.5 Å². The van der Waals surface area contributed by atoms with Gasteiger partial charge in [0.25, 0.3) is 0 Å². The van der Waals surface area contributed by atoms with Crippen molar-refractivity contribution < 1.29 is 0 Å². The largest absolute Gasteiger partial charge is 0.179 e. The van der Waals surface area contributed by atoms with Crippen LogP contribution < -0.4 is 0 Å². The molecule has 0 spiro atoms. The van der Waals surface area contributed by atoms with Crippen LogP contribution in [0.4, 0.5) is 0 Å². The van der Waals surface area contributed by atoms with E-state index in [2.05, 4.69) is 40.3 Å². The first-order chi connectivity index (χ1) is 5.17. The molecule has 0 aliphatic rings. The molecule has 0 rings (SSSR count). The molecule has 0 aliphatic carbocycles. The number of hydrogen-bond acceptors (Lipinski definition) is 1. The van der Waals surface area contributed by atoms with Gasteiger partial charge in [-0.2, -0.15) is 12.6 Å². The van der Waals surface area contributed by atoms with Gasteiger partial charge in [-0.05, 0) is 23.5 Å². The van der Waals surface area contributed by atoms with Crippen LogP contribution in [0.15, 0.2) is 0 Å². The Bertz CT molecular complexity index is 80.9. The maximum atomic E-state index is 4.34. The molecule has 68 valence electrons. The highest BCUT2D eigenvalue weighted by Gasteiger charge is 2.19. The van der Waals surface area contributed by atoms with Crippen molar-refractivity contribution in [2.75, 3.05) is 5.75 Å². The molecule has 0 radical (unpaired) electrons. The Kier molecular flexibility index (Phi) is 6.12. The maximum absolute atomic E-state index is 4.34. The highest BCUT2D eigenvalue weighted by Crippen LogP contribution is 2.27. The zero-order valence-electron chi connectivity index (χ0n) is 8.30. The van der Waals surface area contributed by atoms with Gasteiger partial charge in [0.1, 0.15) is 0 Å². The molecule has 0 fully saturated rings. The molecule has 1 heteroatoms. The molecule has 0 N–H and O–H groups in total. The van der Waals surface area contributed by atoms with Crippen LogP contribution in [0.25, 0.3) is 0 Å². The molecule has 0 saturated heterocycles. The van der Waals surface area contributed by atoms with Gasteiger partial charge in [-0.15, -0.1) is 0 Å². The molecule has 0 aromatic rings. The third kappa shape index (κ3) is 3.50. The smallest absolute Gasteiger partial charge is 0.00694 e.